The van der Waals surface area contributed by atoms with Crippen LogP contribution in [0.15, 0.2) is 24.3 Å². The van der Waals surface area contributed by atoms with Crippen LogP contribution >= 0.6 is 23.5 Å². The number of nitrogens with two attached hydrogens (primary N) is 1. The zero-order valence-electron chi connectivity index (χ0n) is 20.6. The summed E-state index contributed by atoms with van der Waals surface area (Å²) < 4.78 is 0. The molecule has 0 aliphatic carbocycles. The van der Waals surface area contributed by atoms with Crippen LogP contribution in [0.1, 0.15) is 31.2 Å². The van der Waals surface area contributed by atoms with Crippen molar-refractivity contribution in [1.82, 2.24) is 15.5 Å². The van der Waals surface area contributed by atoms with E-state index >= 15 is 0 Å². The molecule has 1 aromatic rings. The van der Waals surface area contributed by atoms with E-state index in [1.54, 1.807) is 35.7 Å². The van der Waals surface area contributed by atoms with Crippen molar-refractivity contribution < 1.29 is 29.4 Å². The second-order valence-corrected chi connectivity index (χ2v) is 10.7. The molecule has 3 amide bonds. The van der Waals surface area contributed by atoms with Crippen LogP contribution in [0, 0.1) is 0 Å². The molecule has 0 spiro atoms. The number of nitrogens with zero attached hydrogens (tertiary/aromatic N) is 1. The third-order valence-corrected chi connectivity index (χ3v) is 7.31. The van der Waals surface area contributed by atoms with Crippen LogP contribution < -0.4 is 16.4 Å². The van der Waals surface area contributed by atoms with E-state index in [9.17, 15) is 29.4 Å². The Hall–Kier alpha value is -2.44. The summed E-state index contributed by atoms with van der Waals surface area (Å²) >= 11 is 3.13. The van der Waals surface area contributed by atoms with Crippen LogP contribution in [0.5, 0.6) is 5.75 Å². The highest BCUT2D eigenvalue weighted by Gasteiger charge is 2.39. The number of aromatic hydroxyl groups is 1. The van der Waals surface area contributed by atoms with Crippen LogP contribution in [0.25, 0.3) is 0 Å². The number of aliphatic carboxylic acids is 1. The van der Waals surface area contributed by atoms with E-state index in [-0.39, 0.29) is 18.1 Å². The molecule has 1 aromatic carbocycles. The fourth-order valence-electron chi connectivity index (χ4n) is 3.99. The minimum absolute atomic E-state index is 0.0301. The van der Waals surface area contributed by atoms with Crippen LogP contribution in [0.4, 0.5) is 0 Å². The first kappa shape index (κ1) is 29.8. The first-order valence-corrected chi connectivity index (χ1v) is 14.6. The molecule has 6 N–H and O–H groups in total. The summed E-state index contributed by atoms with van der Waals surface area (Å²) in [6.07, 6.45) is 5.73. The Labute approximate surface area is 220 Å². The number of nitrogens with one attached hydrogen (secondary N) is 2. The summed E-state index contributed by atoms with van der Waals surface area (Å²) in [6, 6.07) is 2.52. The van der Waals surface area contributed by atoms with Crippen molar-refractivity contribution in [2.45, 2.75) is 56.3 Å². The summed E-state index contributed by atoms with van der Waals surface area (Å²) in [5.41, 5.74) is 6.61. The molecule has 4 unspecified atom stereocenters. The summed E-state index contributed by atoms with van der Waals surface area (Å²) in [4.78, 5) is 52.3. The molecule has 0 aromatic heterocycles. The van der Waals surface area contributed by atoms with E-state index in [1.807, 2.05) is 12.5 Å². The third kappa shape index (κ3) is 8.90. The highest BCUT2D eigenvalue weighted by molar-refractivity contribution is 7.98. The fourth-order valence-corrected chi connectivity index (χ4v) is 4.95. The van der Waals surface area contributed by atoms with Crippen molar-refractivity contribution in [2.24, 2.45) is 5.73 Å². The molecular formula is C24H36N4O6S2. The molecule has 0 saturated carbocycles. The van der Waals surface area contributed by atoms with Crippen molar-refractivity contribution in [2.75, 3.05) is 30.6 Å². The van der Waals surface area contributed by atoms with Gasteiger partial charge in [-0.3, -0.25) is 14.4 Å². The molecule has 10 nitrogen and oxygen atoms in total. The predicted octanol–water partition coefficient (Wildman–Crippen LogP) is 0.813. The Kier molecular flexibility index (Phi) is 12.4. The lowest BCUT2D eigenvalue weighted by molar-refractivity contribution is -0.144. The molecule has 4 atom stereocenters. The van der Waals surface area contributed by atoms with Gasteiger partial charge < -0.3 is 31.5 Å². The third-order valence-electron chi connectivity index (χ3n) is 6.02. The Morgan fingerprint density at radius 2 is 1.69 bits per heavy atom. The van der Waals surface area contributed by atoms with Gasteiger partial charge in [0.05, 0.1) is 6.04 Å². The number of carbonyl (C=O) groups excluding carboxylic acids is 3. The topological polar surface area (TPSA) is 162 Å². The van der Waals surface area contributed by atoms with E-state index in [4.69, 9.17) is 5.73 Å². The monoisotopic (exact) mass is 540 g/mol. The van der Waals surface area contributed by atoms with Crippen LogP contribution in [-0.2, 0) is 25.6 Å². The number of benzene rings is 1. The number of amides is 3. The summed E-state index contributed by atoms with van der Waals surface area (Å²) in [7, 11) is 0. The minimum Gasteiger partial charge on any atom is -0.508 e. The number of hydrogen-bond donors (Lipinski definition) is 5. The van der Waals surface area contributed by atoms with Crippen molar-refractivity contribution in [3.8, 4) is 5.75 Å². The number of thioether (sulfide) groups is 2. The molecule has 0 bridgehead atoms. The molecule has 0 radical (unpaired) electrons. The van der Waals surface area contributed by atoms with Crippen LogP contribution in [0.3, 0.4) is 0 Å². The zero-order chi connectivity index (χ0) is 26.7. The number of hydrogen-bond acceptors (Lipinski definition) is 8. The second kappa shape index (κ2) is 15.0. The standard InChI is InChI=1S/C24H36N4O6S2/c1-35-12-9-17(25)21(30)26-18(10-13-36-2)23(32)28-11-3-4-20(28)22(31)27-19(24(33)34)14-15-5-7-16(29)8-6-15/h5-8,17-20,29H,3-4,9-14,25H2,1-2H3,(H,26,30)(H,27,31)(H,33,34). The summed E-state index contributed by atoms with van der Waals surface area (Å²) in [5, 5.41) is 24.4. The van der Waals surface area contributed by atoms with Crippen molar-refractivity contribution in [1.29, 1.82) is 0 Å². The minimum atomic E-state index is -1.20. The van der Waals surface area contributed by atoms with Gasteiger partial charge >= 0.3 is 5.97 Å². The molecular weight excluding hydrogens is 504 g/mol. The van der Waals surface area contributed by atoms with E-state index in [2.05, 4.69) is 10.6 Å². The number of phenolic OH excluding ortho intramolecular Hbond substituents is 1. The van der Waals surface area contributed by atoms with E-state index in [0.717, 1.165) is 5.75 Å². The fraction of sp³-hybridized carbons (Fsp3) is 0.583. The Balaban J connectivity index is 2.09. The van der Waals surface area contributed by atoms with Gasteiger partial charge in [-0.15, -0.1) is 0 Å². The number of carboxylic acid groups (broad SMARTS) is 1. The number of likely N-dealkylation sites (tertiary alicyclic amines) is 1. The van der Waals surface area contributed by atoms with Gasteiger partial charge in [0.2, 0.25) is 17.7 Å². The molecule has 1 fully saturated rings. The Bertz CT molecular complexity index is 901. The van der Waals surface area contributed by atoms with Gasteiger partial charge in [-0.1, -0.05) is 12.1 Å². The lowest BCUT2D eigenvalue weighted by Gasteiger charge is -2.30. The van der Waals surface area contributed by atoms with E-state index in [1.165, 1.54) is 17.0 Å². The van der Waals surface area contributed by atoms with Gasteiger partial charge in [-0.2, -0.15) is 23.5 Å². The first-order chi connectivity index (χ1) is 17.2. The maximum atomic E-state index is 13.4. The molecule has 2 rings (SSSR count). The molecule has 12 heteroatoms. The number of carbonyl (C=O) groups is 4. The zero-order valence-corrected chi connectivity index (χ0v) is 22.3. The molecule has 1 saturated heterocycles. The predicted molar refractivity (Wildman–Crippen MR) is 142 cm³/mol. The average molecular weight is 541 g/mol. The van der Waals surface area contributed by atoms with Crippen molar-refractivity contribution in [3.63, 3.8) is 0 Å². The Morgan fingerprint density at radius 1 is 1.06 bits per heavy atom. The summed E-state index contributed by atoms with van der Waals surface area (Å²) in [5.74, 6) is -1.09. The highest BCUT2D eigenvalue weighted by Crippen LogP contribution is 2.21. The van der Waals surface area contributed by atoms with Gasteiger partial charge in [0.15, 0.2) is 0 Å². The lowest BCUT2D eigenvalue weighted by atomic mass is 10.0. The maximum absolute atomic E-state index is 13.4. The number of phenols is 1. The largest absolute Gasteiger partial charge is 0.508 e. The van der Waals surface area contributed by atoms with Gasteiger partial charge in [-0.25, -0.2) is 4.79 Å². The summed E-state index contributed by atoms with van der Waals surface area (Å²) in [6.45, 7) is 0.344. The highest BCUT2D eigenvalue weighted by atomic mass is 32.2. The van der Waals surface area contributed by atoms with E-state index in [0.29, 0.717) is 43.5 Å². The molecule has 1 aliphatic heterocycles. The molecule has 1 aliphatic rings. The SMILES string of the molecule is CSCCC(N)C(=O)NC(CCSC)C(=O)N1CCCC1C(=O)NC(Cc1ccc(O)cc1)C(=O)O. The smallest absolute Gasteiger partial charge is 0.326 e. The molecule has 200 valence electrons. The maximum Gasteiger partial charge on any atom is 0.326 e. The van der Waals surface area contributed by atoms with Gasteiger partial charge in [0, 0.05) is 13.0 Å². The number of carboxylic acids is 1. The van der Waals surface area contributed by atoms with Gasteiger partial charge in [0.25, 0.3) is 0 Å². The van der Waals surface area contributed by atoms with Gasteiger partial charge in [-0.05, 0) is 67.4 Å². The van der Waals surface area contributed by atoms with Crippen molar-refractivity contribution >= 4 is 47.2 Å². The van der Waals surface area contributed by atoms with Crippen molar-refractivity contribution in [3.05, 3.63) is 29.8 Å². The molecule has 1 heterocycles. The second-order valence-electron chi connectivity index (χ2n) is 8.69. The average Bonchev–Trinajstić information content (AvgIpc) is 3.35. The normalized spacial score (nSPS) is 17.8. The molecule has 36 heavy (non-hydrogen) atoms. The quantitative estimate of drug-likeness (QED) is 0.230. The first-order valence-electron chi connectivity index (χ1n) is 11.8. The van der Waals surface area contributed by atoms with Crippen LogP contribution in [0.2, 0.25) is 0 Å². The van der Waals surface area contributed by atoms with Crippen LogP contribution in [-0.4, -0.2) is 93.5 Å². The Morgan fingerprint density at radius 3 is 2.31 bits per heavy atom. The van der Waals surface area contributed by atoms with E-state index < -0.39 is 42.0 Å². The van der Waals surface area contributed by atoms with Gasteiger partial charge in [0.1, 0.15) is 23.9 Å². The number of rotatable bonds is 14. The lowest BCUT2D eigenvalue weighted by Crippen LogP contribution is -2.57.